The summed E-state index contributed by atoms with van der Waals surface area (Å²) in [6, 6.07) is 23.4. The van der Waals surface area contributed by atoms with E-state index in [1.807, 2.05) is 61.5 Å². The molecule has 0 aliphatic carbocycles. The highest BCUT2D eigenvalue weighted by atomic mass is 16.6. The van der Waals surface area contributed by atoms with Crippen LogP contribution < -0.4 is 10.1 Å². The van der Waals surface area contributed by atoms with Gasteiger partial charge in [-0.15, -0.1) is 0 Å². The largest absolute Gasteiger partial charge is 0.494 e. The predicted molar refractivity (Wildman–Crippen MR) is 126 cm³/mol. The normalized spacial score (nSPS) is 11.1. The first-order valence-electron chi connectivity index (χ1n) is 10.6. The SMILES string of the molecule is CCOc1ccccc1CCCNC(=O)/C(=C/c1cccc([N+](=O)[O-])c1)c1ccccc1. The summed E-state index contributed by atoms with van der Waals surface area (Å²) in [4.78, 5) is 23.7. The van der Waals surface area contributed by atoms with Gasteiger partial charge < -0.3 is 10.1 Å². The standard InChI is InChI=1S/C26H26N2O4/c1-2-32-25-16-7-6-13-22(25)14-9-17-27-26(29)24(21-11-4-3-5-12-21)19-20-10-8-15-23(18-20)28(30)31/h3-8,10-13,15-16,18-19H,2,9,14,17H2,1H3,(H,27,29)/b24-19+. The Bertz CT molecular complexity index is 1090. The number of aryl methyl sites for hydroxylation is 1. The average Bonchev–Trinajstić information content (AvgIpc) is 2.82. The van der Waals surface area contributed by atoms with Crippen LogP contribution in [0.15, 0.2) is 78.9 Å². The van der Waals surface area contributed by atoms with Crippen LogP contribution in [0.5, 0.6) is 5.75 Å². The van der Waals surface area contributed by atoms with Gasteiger partial charge in [-0.05, 0) is 48.6 Å². The van der Waals surface area contributed by atoms with Crippen molar-refractivity contribution in [2.45, 2.75) is 19.8 Å². The second-order valence-corrected chi connectivity index (χ2v) is 7.18. The highest BCUT2D eigenvalue weighted by Gasteiger charge is 2.13. The zero-order chi connectivity index (χ0) is 22.8. The summed E-state index contributed by atoms with van der Waals surface area (Å²) in [5.74, 6) is 0.651. The van der Waals surface area contributed by atoms with Crippen molar-refractivity contribution in [1.29, 1.82) is 0 Å². The van der Waals surface area contributed by atoms with E-state index in [2.05, 4.69) is 5.32 Å². The van der Waals surface area contributed by atoms with Gasteiger partial charge in [-0.1, -0.05) is 60.7 Å². The fraction of sp³-hybridized carbons (Fsp3) is 0.192. The molecule has 0 radical (unpaired) electrons. The van der Waals surface area contributed by atoms with Gasteiger partial charge in [0.25, 0.3) is 11.6 Å². The second-order valence-electron chi connectivity index (χ2n) is 7.18. The number of hydrogen-bond acceptors (Lipinski definition) is 4. The average molecular weight is 431 g/mol. The van der Waals surface area contributed by atoms with Gasteiger partial charge in [0, 0.05) is 24.3 Å². The molecule has 1 N–H and O–H groups in total. The molecule has 0 aliphatic heterocycles. The number of nitro benzene ring substituents is 1. The highest BCUT2D eigenvalue weighted by molar-refractivity contribution is 6.24. The summed E-state index contributed by atoms with van der Waals surface area (Å²) < 4.78 is 5.66. The lowest BCUT2D eigenvalue weighted by molar-refractivity contribution is -0.384. The number of non-ortho nitro benzene ring substituents is 1. The Labute approximate surface area is 187 Å². The molecular formula is C26H26N2O4. The Morgan fingerprint density at radius 3 is 2.53 bits per heavy atom. The van der Waals surface area contributed by atoms with Crippen LogP contribution in [0, 0.1) is 10.1 Å². The van der Waals surface area contributed by atoms with Gasteiger partial charge >= 0.3 is 0 Å². The Balaban J connectivity index is 1.71. The van der Waals surface area contributed by atoms with Gasteiger partial charge in [0.05, 0.1) is 11.5 Å². The summed E-state index contributed by atoms with van der Waals surface area (Å²) in [6.07, 6.45) is 3.22. The Hall–Kier alpha value is -3.93. The fourth-order valence-electron chi connectivity index (χ4n) is 3.38. The number of nitrogens with zero attached hydrogens (tertiary/aromatic N) is 1. The molecule has 0 unspecified atom stereocenters. The summed E-state index contributed by atoms with van der Waals surface area (Å²) in [5.41, 5.74) is 2.90. The first-order valence-corrected chi connectivity index (χ1v) is 10.6. The lowest BCUT2D eigenvalue weighted by Gasteiger charge is -2.12. The first kappa shape index (κ1) is 22.7. The topological polar surface area (TPSA) is 81.5 Å². The molecule has 32 heavy (non-hydrogen) atoms. The number of carbonyl (C=O) groups is 1. The monoisotopic (exact) mass is 430 g/mol. The summed E-state index contributed by atoms with van der Waals surface area (Å²) in [7, 11) is 0. The van der Waals surface area contributed by atoms with Gasteiger partial charge in [0.1, 0.15) is 5.75 Å². The van der Waals surface area contributed by atoms with E-state index in [-0.39, 0.29) is 11.6 Å². The molecule has 0 saturated heterocycles. The van der Waals surface area contributed by atoms with Crippen molar-refractivity contribution >= 4 is 23.2 Å². The molecule has 3 aromatic rings. The number of ether oxygens (including phenoxy) is 1. The summed E-state index contributed by atoms with van der Waals surface area (Å²) >= 11 is 0. The summed E-state index contributed by atoms with van der Waals surface area (Å²) in [6.45, 7) is 3.06. The van der Waals surface area contributed by atoms with Crippen molar-refractivity contribution in [3.05, 3.63) is 106 Å². The molecule has 164 valence electrons. The van der Waals surface area contributed by atoms with E-state index in [1.54, 1.807) is 18.2 Å². The minimum absolute atomic E-state index is 0.0143. The number of nitro groups is 1. The van der Waals surface area contributed by atoms with Crippen molar-refractivity contribution in [2.24, 2.45) is 0 Å². The number of rotatable bonds is 10. The Morgan fingerprint density at radius 2 is 1.78 bits per heavy atom. The number of amides is 1. The van der Waals surface area contributed by atoms with Gasteiger partial charge in [-0.3, -0.25) is 14.9 Å². The molecule has 0 spiro atoms. The van der Waals surface area contributed by atoms with Crippen LogP contribution in [0.4, 0.5) is 5.69 Å². The van der Waals surface area contributed by atoms with Crippen LogP contribution in [-0.2, 0) is 11.2 Å². The third-order valence-corrected chi connectivity index (χ3v) is 4.90. The molecule has 0 bridgehead atoms. The third-order valence-electron chi connectivity index (χ3n) is 4.90. The maximum absolute atomic E-state index is 13.0. The van der Waals surface area contributed by atoms with Crippen LogP contribution in [0.2, 0.25) is 0 Å². The Kier molecular flexibility index (Phi) is 8.15. The Morgan fingerprint density at radius 1 is 1.03 bits per heavy atom. The molecular weight excluding hydrogens is 404 g/mol. The maximum atomic E-state index is 13.0. The maximum Gasteiger partial charge on any atom is 0.270 e. The molecule has 0 atom stereocenters. The van der Waals surface area contributed by atoms with Crippen LogP contribution >= 0.6 is 0 Å². The van der Waals surface area contributed by atoms with E-state index in [1.165, 1.54) is 12.1 Å². The number of benzene rings is 3. The predicted octanol–water partition coefficient (Wildman–Crippen LogP) is 5.28. The number of nitrogens with one attached hydrogen (secondary N) is 1. The van der Waals surface area contributed by atoms with Gasteiger partial charge in [-0.25, -0.2) is 0 Å². The molecule has 6 nitrogen and oxygen atoms in total. The molecule has 1 amide bonds. The minimum Gasteiger partial charge on any atom is -0.494 e. The lowest BCUT2D eigenvalue weighted by atomic mass is 10.0. The lowest BCUT2D eigenvalue weighted by Crippen LogP contribution is -2.25. The van der Waals surface area contributed by atoms with E-state index in [9.17, 15) is 14.9 Å². The van der Waals surface area contributed by atoms with E-state index >= 15 is 0 Å². The molecule has 0 aromatic heterocycles. The smallest absolute Gasteiger partial charge is 0.270 e. The number of carbonyl (C=O) groups excluding carboxylic acids is 1. The second kappa shape index (κ2) is 11.5. The van der Waals surface area contributed by atoms with Crippen LogP contribution in [0.3, 0.4) is 0 Å². The van der Waals surface area contributed by atoms with Crippen LogP contribution in [0.25, 0.3) is 11.6 Å². The van der Waals surface area contributed by atoms with Crippen molar-refractivity contribution in [3.8, 4) is 5.75 Å². The number of para-hydroxylation sites is 1. The molecule has 0 saturated carbocycles. The van der Waals surface area contributed by atoms with E-state index in [0.717, 1.165) is 29.7 Å². The van der Waals surface area contributed by atoms with Crippen molar-refractivity contribution in [2.75, 3.05) is 13.2 Å². The zero-order valence-electron chi connectivity index (χ0n) is 18.0. The molecule has 0 heterocycles. The van der Waals surface area contributed by atoms with Crippen molar-refractivity contribution < 1.29 is 14.5 Å². The molecule has 6 heteroatoms. The van der Waals surface area contributed by atoms with Crippen LogP contribution in [-0.4, -0.2) is 24.0 Å². The van der Waals surface area contributed by atoms with Crippen molar-refractivity contribution in [3.63, 3.8) is 0 Å². The number of hydrogen-bond donors (Lipinski definition) is 1. The van der Waals surface area contributed by atoms with E-state index in [0.29, 0.717) is 24.3 Å². The van der Waals surface area contributed by atoms with E-state index in [4.69, 9.17) is 4.74 Å². The molecule has 0 fully saturated rings. The molecule has 0 aliphatic rings. The first-order chi connectivity index (χ1) is 15.6. The van der Waals surface area contributed by atoms with Gasteiger partial charge in [-0.2, -0.15) is 0 Å². The highest BCUT2D eigenvalue weighted by Crippen LogP contribution is 2.22. The quantitative estimate of drug-likeness (QED) is 0.156. The van der Waals surface area contributed by atoms with Gasteiger partial charge in [0.2, 0.25) is 0 Å². The van der Waals surface area contributed by atoms with E-state index < -0.39 is 4.92 Å². The van der Waals surface area contributed by atoms with Crippen LogP contribution in [0.1, 0.15) is 30.0 Å². The molecule has 3 aromatic carbocycles. The molecule has 3 rings (SSSR count). The summed E-state index contributed by atoms with van der Waals surface area (Å²) in [5, 5.41) is 14.1. The van der Waals surface area contributed by atoms with Gasteiger partial charge in [0.15, 0.2) is 0 Å². The van der Waals surface area contributed by atoms with Crippen molar-refractivity contribution in [1.82, 2.24) is 5.32 Å². The fourth-order valence-corrected chi connectivity index (χ4v) is 3.38. The minimum atomic E-state index is -0.445. The third kappa shape index (κ3) is 6.28. The zero-order valence-corrected chi connectivity index (χ0v) is 18.0.